The molecule has 2 amide bonds. The third-order valence-corrected chi connectivity index (χ3v) is 5.05. The number of nitrogens with one attached hydrogen (secondary N) is 2. The molecule has 6 nitrogen and oxygen atoms in total. The maximum absolute atomic E-state index is 12.2. The Hall–Kier alpha value is -2.80. The minimum atomic E-state index is -0.320. The molecule has 2 N–H and O–H groups in total. The first-order valence-corrected chi connectivity index (χ1v) is 8.81. The number of amides is 2. The minimum absolute atomic E-state index is 0.320. The Labute approximate surface area is 160 Å². The molecule has 0 bridgehead atoms. The van der Waals surface area contributed by atoms with Gasteiger partial charge < -0.3 is 15.4 Å². The number of anilines is 2. The summed E-state index contributed by atoms with van der Waals surface area (Å²) in [5.74, 6) is 0.684. The molecule has 3 rings (SSSR count). The summed E-state index contributed by atoms with van der Waals surface area (Å²) in [6, 6.07) is 14.4. The van der Waals surface area contributed by atoms with Crippen LogP contribution in [0, 0.1) is 13.8 Å². The molecule has 3 aromatic rings. The van der Waals surface area contributed by atoms with Gasteiger partial charge in [0, 0.05) is 17.4 Å². The molecule has 1 aromatic heterocycles. The van der Waals surface area contributed by atoms with Crippen molar-refractivity contribution in [2.75, 3.05) is 17.7 Å². The van der Waals surface area contributed by atoms with E-state index in [1.807, 2.05) is 54.9 Å². The molecule has 0 unspecified atom stereocenters. The second-order valence-corrected chi connectivity index (χ2v) is 6.55. The van der Waals surface area contributed by atoms with Gasteiger partial charge in [0.15, 0.2) is 0 Å². The summed E-state index contributed by atoms with van der Waals surface area (Å²) in [5.41, 5.74) is 4.23. The van der Waals surface area contributed by atoms with Gasteiger partial charge in [-0.15, -0.1) is 0 Å². The minimum Gasteiger partial charge on any atom is -0.497 e. The van der Waals surface area contributed by atoms with Crippen molar-refractivity contribution in [1.29, 1.82) is 0 Å². The van der Waals surface area contributed by atoms with Crippen LogP contribution in [0.1, 0.15) is 11.4 Å². The normalized spacial score (nSPS) is 10.5. The monoisotopic (exact) mass is 414 g/mol. The number of rotatable bonds is 4. The number of halogens is 1. The van der Waals surface area contributed by atoms with Gasteiger partial charge in [0.1, 0.15) is 5.75 Å². The Bertz CT molecular complexity index is 935. The highest BCUT2D eigenvalue weighted by molar-refractivity contribution is 9.10. The quantitative estimate of drug-likeness (QED) is 0.637. The summed E-state index contributed by atoms with van der Waals surface area (Å²) in [6.45, 7) is 3.95. The average Bonchev–Trinajstić information content (AvgIpc) is 2.90. The van der Waals surface area contributed by atoms with Crippen LogP contribution in [0.2, 0.25) is 0 Å². The summed E-state index contributed by atoms with van der Waals surface area (Å²) in [5, 5.41) is 10.1. The number of aromatic nitrogens is 2. The predicted molar refractivity (Wildman–Crippen MR) is 106 cm³/mol. The summed E-state index contributed by atoms with van der Waals surface area (Å²) >= 11 is 3.53. The lowest BCUT2D eigenvalue weighted by molar-refractivity contribution is 0.262. The van der Waals surface area contributed by atoms with E-state index in [9.17, 15) is 4.79 Å². The van der Waals surface area contributed by atoms with E-state index in [4.69, 9.17) is 4.74 Å². The lowest BCUT2D eigenvalue weighted by Gasteiger charge is -2.10. The van der Waals surface area contributed by atoms with Crippen LogP contribution in [0.15, 0.2) is 53.0 Å². The first-order valence-electron chi connectivity index (χ1n) is 8.02. The summed E-state index contributed by atoms with van der Waals surface area (Å²) in [7, 11) is 1.59. The molecule has 134 valence electrons. The van der Waals surface area contributed by atoms with Crippen molar-refractivity contribution in [2.24, 2.45) is 0 Å². The molecule has 2 aromatic carbocycles. The third-order valence-electron chi connectivity index (χ3n) is 3.90. The molecule has 0 atom stereocenters. The predicted octanol–water partition coefficient (Wildman–Crippen LogP) is 4.90. The molecule has 0 radical (unpaired) electrons. The standard InChI is InChI=1S/C19H19BrN4O2/c1-12-18(20)13(2)24(23-12)16-9-7-14(8-10-16)21-19(25)22-15-5-4-6-17(11-15)26-3/h4-11H,1-3H3,(H2,21,22,25). The van der Waals surface area contributed by atoms with E-state index in [-0.39, 0.29) is 6.03 Å². The number of aryl methyl sites for hydroxylation is 1. The van der Waals surface area contributed by atoms with Crippen LogP contribution >= 0.6 is 15.9 Å². The van der Waals surface area contributed by atoms with Crippen molar-refractivity contribution in [2.45, 2.75) is 13.8 Å². The fraction of sp³-hybridized carbons (Fsp3) is 0.158. The van der Waals surface area contributed by atoms with Gasteiger partial charge in [-0.2, -0.15) is 5.10 Å². The molecule has 0 saturated heterocycles. The number of ether oxygens (including phenoxy) is 1. The van der Waals surface area contributed by atoms with Gasteiger partial charge in [-0.3, -0.25) is 0 Å². The zero-order valence-electron chi connectivity index (χ0n) is 14.7. The molecule has 0 saturated carbocycles. The van der Waals surface area contributed by atoms with Crippen LogP contribution in [0.3, 0.4) is 0 Å². The summed E-state index contributed by atoms with van der Waals surface area (Å²) < 4.78 is 8.00. The second-order valence-electron chi connectivity index (χ2n) is 5.75. The molecule has 26 heavy (non-hydrogen) atoms. The molecule has 0 aliphatic carbocycles. The number of nitrogens with zero attached hydrogens (tertiary/aromatic N) is 2. The van der Waals surface area contributed by atoms with Crippen molar-refractivity contribution < 1.29 is 9.53 Å². The van der Waals surface area contributed by atoms with Gasteiger partial charge in [0.25, 0.3) is 0 Å². The Balaban J connectivity index is 1.68. The number of hydrogen-bond acceptors (Lipinski definition) is 3. The Morgan fingerprint density at radius 1 is 1.08 bits per heavy atom. The first kappa shape index (κ1) is 18.0. The Morgan fingerprint density at radius 3 is 2.38 bits per heavy atom. The zero-order chi connectivity index (χ0) is 18.7. The second kappa shape index (κ2) is 7.61. The van der Waals surface area contributed by atoms with E-state index in [0.29, 0.717) is 17.1 Å². The highest BCUT2D eigenvalue weighted by Gasteiger charge is 2.10. The number of carbonyl (C=O) groups is 1. The smallest absolute Gasteiger partial charge is 0.323 e. The van der Waals surface area contributed by atoms with Gasteiger partial charge >= 0.3 is 6.03 Å². The topological polar surface area (TPSA) is 68.2 Å². The van der Waals surface area contributed by atoms with Crippen molar-refractivity contribution in [1.82, 2.24) is 9.78 Å². The average molecular weight is 415 g/mol. The van der Waals surface area contributed by atoms with Crippen LogP contribution in [0.5, 0.6) is 5.75 Å². The van der Waals surface area contributed by atoms with Crippen LogP contribution in [-0.2, 0) is 0 Å². The molecule has 0 spiro atoms. The van der Waals surface area contributed by atoms with Crippen molar-refractivity contribution >= 4 is 33.3 Å². The van der Waals surface area contributed by atoms with Crippen LogP contribution < -0.4 is 15.4 Å². The molecule has 1 heterocycles. The van der Waals surface area contributed by atoms with Crippen LogP contribution in [0.25, 0.3) is 5.69 Å². The fourth-order valence-corrected chi connectivity index (χ4v) is 2.80. The number of hydrogen-bond donors (Lipinski definition) is 2. The van der Waals surface area contributed by atoms with E-state index in [0.717, 1.165) is 21.5 Å². The molecule has 0 aliphatic rings. The van der Waals surface area contributed by atoms with E-state index >= 15 is 0 Å². The van der Waals surface area contributed by atoms with Crippen molar-refractivity contribution in [3.05, 3.63) is 64.4 Å². The van der Waals surface area contributed by atoms with E-state index < -0.39 is 0 Å². The van der Waals surface area contributed by atoms with Gasteiger partial charge in [-0.1, -0.05) is 6.07 Å². The van der Waals surface area contributed by atoms with Crippen molar-refractivity contribution in [3.63, 3.8) is 0 Å². The lowest BCUT2D eigenvalue weighted by atomic mass is 10.2. The first-order chi connectivity index (χ1) is 12.5. The van der Waals surface area contributed by atoms with E-state index in [1.165, 1.54) is 0 Å². The SMILES string of the molecule is COc1cccc(NC(=O)Nc2ccc(-n3nc(C)c(Br)c3C)cc2)c1. The molecule has 0 aliphatic heterocycles. The number of methoxy groups -OCH3 is 1. The molecule has 0 fully saturated rings. The van der Waals surface area contributed by atoms with Gasteiger partial charge in [0.2, 0.25) is 0 Å². The van der Waals surface area contributed by atoms with Crippen LogP contribution in [-0.4, -0.2) is 22.9 Å². The molecule has 7 heteroatoms. The maximum Gasteiger partial charge on any atom is 0.323 e. The lowest BCUT2D eigenvalue weighted by Crippen LogP contribution is -2.19. The summed E-state index contributed by atoms with van der Waals surface area (Å²) in [4.78, 5) is 12.2. The Kier molecular flexibility index (Phi) is 5.27. The van der Waals surface area contributed by atoms with Gasteiger partial charge in [-0.25, -0.2) is 9.48 Å². The number of urea groups is 1. The van der Waals surface area contributed by atoms with Crippen LogP contribution in [0.4, 0.5) is 16.2 Å². The highest BCUT2D eigenvalue weighted by Crippen LogP contribution is 2.24. The highest BCUT2D eigenvalue weighted by atomic mass is 79.9. The maximum atomic E-state index is 12.2. The number of carbonyl (C=O) groups excluding carboxylic acids is 1. The fourth-order valence-electron chi connectivity index (χ4n) is 2.56. The summed E-state index contributed by atoms with van der Waals surface area (Å²) in [6.07, 6.45) is 0. The number of benzene rings is 2. The third kappa shape index (κ3) is 3.88. The largest absolute Gasteiger partial charge is 0.497 e. The zero-order valence-corrected chi connectivity index (χ0v) is 16.3. The van der Waals surface area contributed by atoms with E-state index in [2.05, 4.69) is 31.7 Å². The van der Waals surface area contributed by atoms with Gasteiger partial charge in [0.05, 0.1) is 28.7 Å². The van der Waals surface area contributed by atoms with E-state index in [1.54, 1.807) is 19.2 Å². The van der Waals surface area contributed by atoms with Crippen molar-refractivity contribution in [3.8, 4) is 11.4 Å². The molecular weight excluding hydrogens is 396 g/mol. The molecular formula is C19H19BrN4O2. The van der Waals surface area contributed by atoms with Gasteiger partial charge in [-0.05, 0) is 66.2 Å². The Morgan fingerprint density at radius 2 is 1.77 bits per heavy atom.